The lowest BCUT2D eigenvalue weighted by molar-refractivity contribution is 0.0240. The highest BCUT2D eigenvalue weighted by atomic mass is 19.1. The number of anilines is 1. The van der Waals surface area contributed by atoms with Gasteiger partial charge in [0.1, 0.15) is 11.4 Å². The molecule has 0 aromatic heterocycles. The van der Waals surface area contributed by atoms with Crippen molar-refractivity contribution < 1.29 is 13.9 Å². The molecule has 1 aromatic carbocycles. The Morgan fingerprint density at radius 1 is 1.31 bits per heavy atom. The number of halogens is 1. The van der Waals surface area contributed by atoms with E-state index in [0.717, 1.165) is 12.0 Å². The molecule has 0 radical (unpaired) electrons. The van der Waals surface area contributed by atoms with E-state index < -0.39 is 5.60 Å². The van der Waals surface area contributed by atoms with Crippen molar-refractivity contribution in [1.82, 2.24) is 10.2 Å². The Hall–Kier alpha value is -2.51. The van der Waals surface area contributed by atoms with Gasteiger partial charge < -0.3 is 25.6 Å². The highest BCUT2D eigenvalue weighted by Crippen LogP contribution is 2.23. The van der Waals surface area contributed by atoms with Gasteiger partial charge in [-0.2, -0.15) is 0 Å². The van der Waals surface area contributed by atoms with E-state index in [4.69, 9.17) is 10.5 Å². The van der Waals surface area contributed by atoms with Crippen LogP contribution in [0.5, 0.6) is 0 Å². The zero-order valence-corrected chi connectivity index (χ0v) is 18.2. The van der Waals surface area contributed by atoms with Crippen LogP contribution in [0.1, 0.15) is 46.6 Å². The molecule has 8 heteroatoms. The summed E-state index contributed by atoms with van der Waals surface area (Å²) in [4.78, 5) is 20.0. The molecule has 1 aliphatic rings. The lowest BCUT2D eigenvalue weighted by atomic mass is 10.1. The number of piperazine rings is 1. The first-order valence-corrected chi connectivity index (χ1v) is 10.2. The fourth-order valence-electron chi connectivity index (χ4n) is 2.94. The van der Waals surface area contributed by atoms with Gasteiger partial charge in [-0.05, 0) is 51.8 Å². The molecule has 2 rings (SSSR count). The Labute approximate surface area is 173 Å². The van der Waals surface area contributed by atoms with Crippen molar-refractivity contribution in [2.75, 3.05) is 31.1 Å². The average Bonchev–Trinajstić information content (AvgIpc) is 2.65. The Kier molecular flexibility index (Phi) is 7.70. The maximum Gasteiger partial charge on any atom is 0.410 e. The molecule has 1 atom stereocenters. The van der Waals surface area contributed by atoms with Gasteiger partial charge in [-0.25, -0.2) is 14.2 Å². The summed E-state index contributed by atoms with van der Waals surface area (Å²) in [6.45, 7) is 12.0. The molecule has 0 spiro atoms. The minimum atomic E-state index is -0.522. The second-order valence-corrected chi connectivity index (χ2v) is 8.40. The number of carbonyl (C=O) groups is 1. The number of aliphatic imine (C=N–C) groups is 1. The quantitative estimate of drug-likeness (QED) is 0.579. The molecule has 1 fully saturated rings. The van der Waals surface area contributed by atoms with Gasteiger partial charge in [0, 0.05) is 32.2 Å². The van der Waals surface area contributed by atoms with Crippen LogP contribution in [-0.2, 0) is 11.3 Å². The van der Waals surface area contributed by atoms with E-state index in [1.54, 1.807) is 11.0 Å². The smallest absolute Gasteiger partial charge is 0.410 e. The van der Waals surface area contributed by atoms with Crippen LogP contribution in [0.4, 0.5) is 14.9 Å². The molecule has 162 valence electrons. The number of nitrogens with zero attached hydrogens (tertiary/aromatic N) is 3. The van der Waals surface area contributed by atoms with Gasteiger partial charge in [0.25, 0.3) is 0 Å². The largest absolute Gasteiger partial charge is 0.444 e. The number of ether oxygens (including phenoxy) is 1. The average molecular weight is 408 g/mol. The predicted octanol–water partition coefficient (Wildman–Crippen LogP) is 3.09. The molecule has 0 bridgehead atoms. The number of hydrogen-bond donors (Lipinski definition) is 2. The molecule has 3 N–H and O–H groups in total. The molecule has 1 unspecified atom stereocenters. The summed E-state index contributed by atoms with van der Waals surface area (Å²) in [5, 5.41) is 3.09. The third kappa shape index (κ3) is 7.11. The molecular weight excluding hydrogens is 373 g/mol. The number of rotatable bonds is 5. The SMILES string of the molecule is CCC(C)NC(N)=NCc1ccc(N2CCN(C(=O)OC(C)(C)C)CC2)c(F)c1. The summed E-state index contributed by atoms with van der Waals surface area (Å²) in [7, 11) is 0. The second-order valence-electron chi connectivity index (χ2n) is 8.40. The molecule has 1 heterocycles. The third-order valence-electron chi connectivity index (χ3n) is 4.72. The van der Waals surface area contributed by atoms with E-state index in [1.165, 1.54) is 6.07 Å². The first-order valence-electron chi connectivity index (χ1n) is 10.2. The monoisotopic (exact) mass is 407 g/mol. The third-order valence-corrected chi connectivity index (χ3v) is 4.72. The van der Waals surface area contributed by atoms with E-state index >= 15 is 0 Å². The Balaban J connectivity index is 1.93. The standard InChI is InChI=1S/C21H34FN5O2/c1-6-15(2)25-19(23)24-14-16-7-8-18(17(22)13-16)26-9-11-27(12-10-26)20(28)29-21(3,4)5/h7-8,13,15H,6,9-12,14H2,1-5H3,(H3,23,24,25). The summed E-state index contributed by atoms with van der Waals surface area (Å²) in [6.07, 6.45) is 0.621. The molecule has 0 aliphatic carbocycles. The van der Waals surface area contributed by atoms with Crippen molar-refractivity contribution in [1.29, 1.82) is 0 Å². The van der Waals surface area contributed by atoms with Crippen LogP contribution >= 0.6 is 0 Å². The Bertz CT molecular complexity index is 724. The molecular formula is C21H34FN5O2. The van der Waals surface area contributed by atoms with Crippen molar-refractivity contribution in [3.63, 3.8) is 0 Å². The van der Waals surface area contributed by atoms with Gasteiger partial charge in [-0.15, -0.1) is 0 Å². The minimum Gasteiger partial charge on any atom is -0.444 e. The van der Waals surface area contributed by atoms with Crippen molar-refractivity contribution in [3.8, 4) is 0 Å². The van der Waals surface area contributed by atoms with Crippen LogP contribution in [0.2, 0.25) is 0 Å². The number of carbonyl (C=O) groups excluding carboxylic acids is 1. The molecule has 1 aliphatic heterocycles. The molecule has 0 saturated carbocycles. The molecule has 7 nitrogen and oxygen atoms in total. The van der Waals surface area contributed by atoms with Crippen LogP contribution in [0, 0.1) is 5.82 Å². The molecule has 1 saturated heterocycles. The van der Waals surface area contributed by atoms with E-state index in [1.807, 2.05) is 38.7 Å². The number of nitrogens with two attached hydrogens (primary N) is 1. The number of hydrogen-bond acceptors (Lipinski definition) is 4. The Morgan fingerprint density at radius 3 is 2.52 bits per heavy atom. The number of nitrogens with one attached hydrogen (secondary N) is 1. The highest BCUT2D eigenvalue weighted by molar-refractivity contribution is 5.78. The predicted molar refractivity (Wildman–Crippen MR) is 115 cm³/mol. The van der Waals surface area contributed by atoms with Gasteiger partial charge >= 0.3 is 6.09 Å². The summed E-state index contributed by atoms with van der Waals surface area (Å²) in [6, 6.07) is 5.37. The van der Waals surface area contributed by atoms with Crippen LogP contribution in [0.3, 0.4) is 0 Å². The van der Waals surface area contributed by atoms with Crippen molar-refractivity contribution in [2.24, 2.45) is 10.7 Å². The van der Waals surface area contributed by atoms with Gasteiger partial charge in [-0.3, -0.25) is 0 Å². The van der Waals surface area contributed by atoms with Crippen molar-refractivity contribution in [2.45, 2.75) is 59.2 Å². The molecule has 29 heavy (non-hydrogen) atoms. The topological polar surface area (TPSA) is 83.2 Å². The van der Waals surface area contributed by atoms with Crippen molar-refractivity contribution >= 4 is 17.7 Å². The number of amides is 1. The van der Waals surface area contributed by atoms with E-state index in [9.17, 15) is 9.18 Å². The first-order chi connectivity index (χ1) is 13.6. The van der Waals surface area contributed by atoms with Crippen LogP contribution in [0.25, 0.3) is 0 Å². The summed E-state index contributed by atoms with van der Waals surface area (Å²) in [5.41, 5.74) is 6.62. The van der Waals surface area contributed by atoms with Gasteiger partial charge in [0.2, 0.25) is 0 Å². The lowest BCUT2D eigenvalue weighted by Crippen LogP contribution is -2.50. The van der Waals surface area contributed by atoms with Gasteiger partial charge in [-0.1, -0.05) is 13.0 Å². The molecule has 1 aromatic rings. The van der Waals surface area contributed by atoms with Crippen molar-refractivity contribution in [3.05, 3.63) is 29.6 Å². The molecule has 1 amide bonds. The zero-order chi connectivity index (χ0) is 21.6. The van der Waals surface area contributed by atoms with Gasteiger partial charge in [0.05, 0.1) is 12.2 Å². The summed E-state index contributed by atoms with van der Waals surface area (Å²) in [5.74, 6) is 0.0685. The highest BCUT2D eigenvalue weighted by Gasteiger charge is 2.26. The lowest BCUT2D eigenvalue weighted by Gasteiger charge is -2.36. The fourth-order valence-corrected chi connectivity index (χ4v) is 2.94. The fraction of sp³-hybridized carbons (Fsp3) is 0.619. The van der Waals surface area contributed by atoms with Crippen LogP contribution < -0.4 is 16.0 Å². The van der Waals surface area contributed by atoms with Crippen LogP contribution in [-0.4, -0.2) is 54.8 Å². The van der Waals surface area contributed by atoms with Gasteiger partial charge in [0.15, 0.2) is 5.96 Å². The summed E-state index contributed by atoms with van der Waals surface area (Å²) < 4.78 is 20.1. The van der Waals surface area contributed by atoms with Crippen LogP contribution in [0.15, 0.2) is 23.2 Å². The van der Waals surface area contributed by atoms with E-state index in [2.05, 4.69) is 17.2 Å². The zero-order valence-electron chi connectivity index (χ0n) is 18.2. The minimum absolute atomic E-state index is 0.247. The van der Waals surface area contributed by atoms with E-state index in [0.29, 0.717) is 44.4 Å². The second kappa shape index (κ2) is 9.80. The normalized spacial score (nSPS) is 16.6. The Morgan fingerprint density at radius 2 is 1.97 bits per heavy atom. The van der Waals surface area contributed by atoms with E-state index in [-0.39, 0.29) is 18.0 Å². The number of benzene rings is 1. The first kappa shape index (κ1) is 22.8. The maximum absolute atomic E-state index is 14.7. The number of guanidine groups is 1. The maximum atomic E-state index is 14.7. The summed E-state index contributed by atoms with van der Waals surface area (Å²) >= 11 is 0.